The number of carbonyl (C=O) groups is 1. The van der Waals surface area contributed by atoms with E-state index in [0.29, 0.717) is 11.5 Å². The van der Waals surface area contributed by atoms with Gasteiger partial charge in [-0.3, -0.25) is 4.79 Å². The number of nitrogens with zero attached hydrogens (tertiary/aromatic N) is 2. The second-order valence-electron chi connectivity index (χ2n) is 8.29. The highest BCUT2D eigenvalue weighted by atomic mass is 79.9. The first-order chi connectivity index (χ1) is 13.7. The monoisotopic (exact) mass is 453 g/mol. The van der Waals surface area contributed by atoms with E-state index in [1.54, 1.807) is 12.3 Å². The Labute approximate surface area is 178 Å². The summed E-state index contributed by atoms with van der Waals surface area (Å²) in [5, 5.41) is 4.98. The maximum atomic E-state index is 12.4. The van der Waals surface area contributed by atoms with E-state index >= 15 is 0 Å². The second-order valence-corrected chi connectivity index (χ2v) is 9.20. The smallest absolute Gasteiger partial charge is 0.307 e. The first-order valence-electron chi connectivity index (χ1n) is 9.65. The molecule has 0 bridgehead atoms. The Balaban J connectivity index is 1.49. The van der Waals surface area contributed by atoms with E-state index < -0.39 is 0 Å². The molecule has 0 unspecified atom stereocenters. The van der Waals surface area contributed by atoms with E-state index in [2.05, 4.69) is 71.3 Å². The third-order valence-corrected chi connectivity index (χ3v) is 6.23. The number of benzene rings is 2. The summed E-state index contributed by atoms with van der Waals surface area (Å²) >= 11 is 3.42. The number of furan rings is 1. The number of fused-ring (bicyclic) bond motifs is 2. The third-order valence-electron chi connectivity index (χ3n) is 5.74. The average Bonchev–Trinajstić information content (AvgIpc) is 3.09. The highest BCUT2D eigenvalue weighted by Gasteiger charge is 2.33. The number of amides is 1. The van der Waals surface area contributed by atoms with Crippen molar-refractivity contribution in [1.29, 1.82) is 0 Å². The minimum atomic E-state index is -0.374. The lowest BCUT2D eigenvalue weighted by atomic mass is 9.80. The maximum Gasteiger partial charge on any atom is 0.307 e. The number of rotatable bonds is 3. The Morgan fingerprint density at radius 2 is 2.07 bits per heavy atom. The van der Waals surface area contributed by atoms with Crippen molar-refractivity contribution in [1.82, 2.24) is 5.43 Å². The molecule has 0 saturated heterocycles. The van der Waals surface area contributed by atoms with Crippen molar-refractivity contribution >= 4 is 44.7 Å². The number of hydrazone groups is 1. The molecule has 0 spiro atoms. The van der Waals surface area contributed by atoms with Crippen LogP contribution in [0.5, 0.6) is 0 Å². The van der Waals surface area contributed by atoms with Crippen molar-refractivity contribution in [3.63, 3.8) is 0 Å². The fraction of sp³-hybridized carbons (Fsp3) is 0.304. The minimum Gasteiger partial charge on any atom is -0.451 e. The molecule has 1 N–H and O–H groups in total. The number of hydrogen-bond donors (Lipinski definition) is 1. The van der Waals surface area contributed by atoms with Crippen LogP contribution in [-0.4, -0.2) is 24.7 Å². The number of halogens is 1. The van der Waals surface area contributed by atoms with E-state index in [1.165, 1.54) is 11.3 Å². The van der Waals surface area contributed by atoms with Gasteiger partial charge in [-0.1, -0.05) is 28.9 Å². The predicted octanol–water partition coefficient (Wildman–Crippen LogP) is 5.68. The van der Waals surface area contributed by atoms with Gasteiger partial charge in [-0.05, 0) is 73.7 Å². The van der Waals surface area contributed by atoms with Gasteiger partial charge in [-0.2, -0.15) is 5.10 Å². The van der Waals surface area contributed by atoms with Crippen LogP contribution >= 0.6 is 15.9 Å². The summed E-state index contributed by atoms with van der Waals surface area (Å²) in [6, 6.07) is 13.6. The first kappa shape index (κ1) is 19.7. The lowest BCUT2D eigenvalue weighted by molar-refractivity contribution is 0.0929. The zero-order valence-corrected chi connectivity index (χ0v) is 18.6. The van der Waals surface area contributed by atoms with Crippen molar-refractivity contribution in [3.8, 4) is 0 Å². The number of hydrogen-bond acceptors (Lipinski definition) is 4. The Morgan fingerprint density at radius 3 is 2.86 bits per heavy atom. The van der Waals surface area contributed by atoms with E-state index in [1.807, 2.05) is 24.3 Å². The molecule has 1 aliphatic rings. The number of anilines is 1. The van der Waals surface area contributed by atoms with Gasteiger partial charge in [-0.15, -0.1) is 0 Å². The molecule has 1 atom stereocenters. The van der Waals surface area contributed by atoms with E-state index in [-0.39, 0.29) is 17.2 Å². The van der Waals surface area contributed by atoms with E-state index in [4.69, 9.17) is 4.42 Å². The molecule has 1 aromatic heterocycles. The summed E-state index contributed by atoms with van der Waals surface area (Å²) in [6.07, 6.45) is 2.76. The molecular formula is C23H24BrN3O2. The van der Waals surface area contributed by atoms with Gasteiger partial charge in [-0.25, -0.2) is 5.43 Å². The van der Waals surface area contributed by atoms with Gasteiger partial charge in [0.2, 0.25) is 0 Å². The summed E-state index contributed by atoms with van der Waals surface area (Å²) in [7, 11) is 2.14. The van der Waals surface area contributed by atoms with E-state index in [0.717, 1.165) is 21.8 Å². The average molecular weight is 454 g/mol. The minimum absolute atomic E-state index is 0.137. The summed E-state index contributed by atoms with van der Waals surface area (Å²) < 4.78 is 6.53. The third kappa shape index (κ3) is 3.81. The molecule has 2 heterocycles. The van der Waals surface area contributed by atoms with Gasteiger partial charge >= 0.3 is 5.91 Å². The Morgan fingerprint density at radius 1 is 1.28 bits per heavy atom. The van der Waals surface area contributed by atoms with Crippen LogP contribution in [0.4, 0.5) is 5.69 Å². The Hall–Kier alpha value is -2.60. The van der Waals surface area contributed by atoms with Crippen LogP contribution in [0.25, 0.3) is 11.0 Å². The van der Waals surface area contributed by atoms with Crippen LogP contribution in [0.15, 0.2) is 56.5 Å². The van der Waals surface area contributed by atoms with Crippen LogP contribution in [0.2, 0.25) is 0 Å². The fourth-order valence-electron chi connectivity index (χ4n) is 4.02. The lowest BCUT2D eigenvalue weighted by Crippen LogP contribution is -2.45. The molecule has 3 aromatic rings. The molecule has 0 saturated carbocycles. The van der Waals surface area contributed by atoms with E-state index in [9.17, 15) is 4.79 Å². The van der Waals surface area contributed by atoms with Crippen molar-refractivity contribution in [2.75, 3.05) is 11.9 Å². The molecular weight excluding hydrogens is 430 g/mol. The SMILES string of the molecule is C[C@H]1CC(C)(C)N(C)c2ccc(/C=N/NC(=O)c3cc4cc(Br)ccc4o3)cc21. The molecule has 29 heavy (non-hydrogen) atoms. The molecule has 2 aromatic carbocycles. The van der Waals surface area contributed by atoms with Gasteiger partial charge in [0.05, 0.1) is 6.21 Å². The van der Waals surface area contributed by atoms with Crippen LogP contribution < -0.4 is 10.3 Å². The zero-order chi connectivity index (χ0) is 20.8. The number of carbonyl (C=O) groups excluding carboxylic acids is 1. The molecule has 0 radical (unpaired) electrons. The lowest BCUT2D eigenvalue weighted by Gasteiger charge is -2.45. The van der Waals surface area contributed by atoms with Gasteiger partial charge in [0.25, 0.3) is 0 Å². The van der Waals surface area contributed by atoms with Crippen molar-refractivity contribution in [2.24, 2.45) is 5.10 Å². The predicted molar refractivity (Wildman–Crippen MR) is 121 cm³/mol. The van der Waals surface area contributed by atoms with Crippen LogP contribution in [0.1, 0.15) is 54.8 Å². The zero-order valence-electron chi connectivity index (χ0n) is 17.0. The molecule has 6 heteroatoms. The van der Waals surface area contributed by atoms with Gasteiger partial charge in [0.1, 0.15) is 5.58 Å². The van der Waals surface area contributed by atoms with Gasteiger partial charge < -0.3 is 9.32 Å². The Kier molecular flexibility index (Phi) is 4.99. The van der Waals surface area contributed by atoms with Gasteiger partial charge in [0.15, 0.2) is 5.76 Å². The molecule has 0 fully saturated rings. The maximum absolute atomic E-state index is 12.4. The molecule has 4 rings (SSSR count). The fourth-order valence-corrected chi connectivity index (χ4v) is 4.40. The largest absolute Gasteiger partial charge is 0.451 e. The summed E-state index contributed by atoms with van der Waals surface area (Å²) in [4.78, 5) is 14.7. The second kappa shape index (κ2) is 7.34. The van der Waals surface area contributed by atoms with Crippen LogP contribution in [0, 0.1) is 0 Å². The summed E-state index contributed by atoms with van der Waals surface area (Å²) in [5.74, 6) is 0.327. The summed E-state index contributed by atoms with van der Waals surface area (Å²) in [5.41, 5.74) is 6.87. The quantitative estimate of drug-likeness (QED) is 0.409. The number of nitrogens with one attached hydrogen (secondary N) is 1. The molecule has 150 valence electrons. The van der Waals surface area contributed by atoms with Crippen LogP contribution in [0.3, 0.4) is 0 Å². The Bertz CT molecular complexity index is 1120. The van der Waals surface area contributed by atoms with Crippen LogP contribution in [-0.2, 0) is 0 Å². The van der Waals surface area contributed by atoms with Crippen molar-refractivity contribution in [2.45, 2.75) is 38.6 Å². The topological polar surface area (TPSA) is 57.8 Å². The highest BCUT2D eigenvalue weighted by Crippen LogP contribution is 2.42. The summed E-state index contributed by atoms with van der Waals surface area (Å²) in [6.45, 7) is 6.80. The molecule has 1 aliphatic heterocycles. The molecule has 0 aliphatic carbocycles. The van der Waals surface area contributed by atoms with Gasteiger partial charge in [0, 0.05) is 28.1 Å². The van der Waals surface area contributed by atoms with Crippen molar-refractivity contribution < 1.29 is 9.21 Å². The standard InChI is InChI=1S/C23H24BrN3O2/c1-14-12-23(2,3)27(4)19-7-5-15(9-18(14)19)13-25-26-22(28)21-11-16-10-17(24)6-8-20(16)29-21/h5-11,13-14H,12H2,1-4H3,(H,26,28)/b25-13+/t14-/m0/s1. The highest BCUT2D eigenvalue weighted by molar-refractivity contribution is 9.10. The van der Waals surface area contributed by atoms with Crippen molar-refractivity contribution in [3.05, 3.63) is 63.8 Å². The first-order valence-corrected chi connectivity index (χ1v) is 10.4. The normalized spacial score (nSPS) is 18.2. The molecule has 1 amide bonds. The molecule has 5 nitrogen and oxygen atoms in total.